The van der Waals surface area contributed by atoms with Gasteiger partial charge in [-0.15, -0.1) is 0 Å². The molecular weight excluding hydrogens is 306 g/mol. The third-order valence-corrected chi connectivity index (χ3v) is 3.55. The van der Waals surface area contributed by atoms with E-state index in [0.717, 1.165) is 27.1 Å². The molecule has 19 heavy (non-hydrogen) atoms. The molecule has 0 aromatic heterocycles. The zero-order valence-electron chi connectivity index (χ0n) is 10.7. The summed E-state index contributed by atoms with van der Waals surface area (Å²) in [6, 6.07) is 13.6. The molecule has 0 atom stereocenters. The van der Waals surface area contributed by atoms with Crippen LogP contribution in [-0.2, 0) is 13.2 Å². The van der Waals surface area contributed by atoms with E-state index < -0.39 is 0 Å². The highest BCUT2D eigenvalue weighted by Crippen LogP contribution is 2.23. The maximum absolute atomic E-state index is 5.76. The van der Waals surface area contributed by atoms with Crippen LogP contribution < -0.4 is 15.2 Å². The molecule has 0 saturated heterocycles. The minimum absolute atomic E-state index is 0.483. The Morgan fingerprint density at radius 1 is 1.11 bits per heavy atom. The van der Waals surface area contributed by atoms with Crippen LogP contribution in [0.2, 0.25) is 0 Å². The molecule has 2 rings (SSSR count). The largest absolute Gasteiger partial charge is 0.497 e. The fourth-order valence-electron chi connectivity index (χ4n) is 1.73. The predicted octanol–water partition coefficient (Wildman–Crippen LogP) is 3.50. The Kier molecular flexibility index (Phi) is 4.82. The number of hydrogen-bond acceptors (Lipinski definition) is 3. The Morgan fingerprint density at radius 2 is 1.95 bits per heavy atom. The zero-order valence-corrected chi connectivity index (χ0v) is 12.3. The lowest BCUT2D eigenvalue weighted by Gasteiger charge is -2.09. The van der Waals surface area contributed by atoms with Gasteiger partial charge in [0.15, 0.2) is 0 Å². The highest BCUT2D eigenvalue weighted by molar-refractivity contribution is 9.10. The van der Waals surface area contributed by atoms with Crippen LogP contribution in [0.1, 0.15) is 11.1 Å². The first-order chi connectivity index (χ1) is 9.22. The van der Waals surface area contributed by atoms with Gasteiger partial charge < -0.3 is 15.2 Å². The van der Waals surface area contributed by atoms with Gasteiger partial charge in [0.2, 0.25) is 0 Å². The molecule has 0 saturated carbocycles. The zero-order chi connectivity index (χ0) is 13.7. The molecule has 0 spiro atoms. The van der Waals surface area contributed by atoms with Crippen LogP contribution in [0.5, 0.6) is 11.5 Å². The first-order valence-electron chi connectivity index (χ1n) is 5.97. The lowest BCUT2D eigenvalue weighted by molar-refractivity contribution is 0.305. The van der Waals surface area contributed by atoms with Crippen LogP contribution in [0.25, 0.3) is 0 Å². The smallest absolute Gasteiger partial charge is 0.120 e. The summed E-state index contributed by atoms with van der Waals surface area (Å²) in [6.45, 7) is 0.986. The second-order valence-electron chi connectivity index (χ2n) is 4.10. The lowest BCUT2D eigenvalue weighted by Crippen LogP contribution is -2.00. The third kappa shape index (κ3) is 3.72. The summed E-state index contributed by atoms with van der Waals surface area (Å²) in [5, 5.41) is 0. The number of methoxy groups -OCH3 is 1. The van der Waals surface area contributed by atoms with E-state index in [2.05, 4.69) is 15.9 Å². The predicted molar refractivity (Wildman–Crippen MR) is 79.4 cm³/mol. The van der Waals surface area contributed by atoms with E-state index >= 15 is 0 Å². The molecule has 2 aromatic rings. The second-order valence-corrected chi connectivity index (χ2v) is 4.95. The van der Waals surface area contributed by atoms with Crippen molar-refractivity contribution in [1.82, 2.24) is 0 Å². The number of hydrogen-bond donors (Lipinski definition) is 1. The molecule has 0 fully saturated rings. The van der Waals surface area contributed by atoms with Crippen LogP contribution >= 0.6 is 15.9 Å². The normalized spacial score (nSPS) is 10.3. The molecule has 3 nitrogen and oxygen atoms in total. The molecule has 0 radical (unpaired) electrons. The lowest BCUT2D eigenvalue weighted by atomic mass is 10.2. The average Bonchev–Trinajstić information content (AvgIpc) is 2.46. The number of halogens is 1. The topological polar surface area (TPSA) is 44.5 Å². The van der Waals surface area contributed by atoms with Crippen molar-refractivity contribution in [3.8, 4) is 11.5 Å². The molecule has 0 bridgehead atoms. The quantitative estimate of drug-likeness (QED) is 0.916. The highest BCUT2D eigenvalue weighted by atomic mass is 79.9. The van der Waals surface area contributed by atoms with E-state index in [1.165, 1.54) is 0 Å². The number of ether oxygens (including phenoxy) is 2. The van der Waals surface area contributed by atoms with Crippen molar-refractivity contribution in [1.29, 1.82) is 0 Å². The van der Waals surface area contributed by atoms with Gasteiger partial charge in [-0.05, 0) is 41.5 Å². The minimum atomic E-state index is 0.483. The van der Waals surface area contributed by atoms with Gasteiger partial charge in [-0.2, -0.15) is 0 Å². The molecule has 0 aliphatic carbocycles. The molecule has 0 aliphatic heterocycles. The fourth-order valence-corrected chi connectivity index (χ4v) is 2.13. The van der Waals surface area contributed by atoms with E-state index in [1.807, 2.05) is 42.5 Å². The summed E-state index contributed by atoms with van der Waals surface area (Å²) in [5.74, 6) is 1.64. The molecule has 0 unspecified atom stereocenters. The van der Waals surface area contributed by atoms with Crippen molar-refractivity contribution >= 4 is 15.9 Å². The van der Waals surface area contributed by atoms with E-state index in [1.54, 1.807) is 7.11 Å². The van der Waals surface area contributed by atoms with Gasteiger partial charge in [0.05, 0.1) is 7.11 Å². The molecule has 100 valence electrons. The van der Waals surface area contributed by atoms with Crippen molar-refractivity contribution in [3.63, 3.8) is 0 Å². The van der Waals surface area contributed by atoms with Gasteiger partial charge in [-0.25, -0.2) is 0 Å². The summed E-state index contributed by atoms with van der Waals surface area (Å²) in [6.07, 6.45) is 0. The van der Waals surface area contributed by atoms with E-state index in [9.17, 15) is 0 Å². The number of benzene rings is 2. The molecule has 0 aliphatic rings. The van der Waals surface area contributed by atoms with Gasteiger partial charge in [0.1, 0.15) is 18.1 Å². The Labute approximate surface area is 121 Å². The average molecular weight is 322 g/mol. The standard InChI is InChI=1S/C15H16BrNO2/c1-18-13-4-2-3-11(7-13)10-19-14-5-6-15(16)12(8-14)9-17/h2-8H,9-10,17H2,1H3. The summed E-state index contributed by atoms with van der Waals surface area (Å²) in [4.78, 5) is 0. The maximum atomic E-state index is 5.76. The second kappa shape index (κ2) is 6.59. The van der Waals surface area contributed by atoms with Crippen molar-refractivity contribution < 1.29 is 9.47 Å². The van der Waals surface area contributed by atoms with E-state index in [4.69, 9.17) is 15.2 Å². The van der Waals surface area contributed by atoms with Gasteiger partial charge in [-0.1, -0.05) is 28.1 Å². The Balaban J connectivity index is 2.05. The van der Waals surface area contributed by atoms with Crippen LogP contribution in [0.15, 0.2) is 46.9 Å². The van der Waals surface area contributed by atoms with E-state index in [0.29, 0.717) is 13.2 Å². The third-order valence-electron chi connectivity index (χ3n) is 2.78. The molecule has 4 heteroatoms. The summed E-state index contributed by atoms with van der Waals surface area (Å²) < 4.78 is 11.9. The molecule has 2 N–H and O–H groups in total. The number of rotatable bonds is 5. The fraction of sp³-hybridized carbons (Fsp3) is 0.200. The number of nitrogens with two attached hydrogens (primary N) is 1. The maximum Gasteiger partial charge on any atom is 0.120 e. The van der Waals surface area contributed by atoms with Gasteiger partial charge in [-0.3, -0.25) is 0 Å². The van der Waals surface area contributed by atoms with Crippen LogP contribution in [0.4, 0.5) is 0 Å². The van der Waals surface area contributed by atoms with Crippen molar-refractivity contribution in [2.24, 2.45) is 5.73 Å². The van der Waals surface area contributed by atoms with Gasteiger partial charge in [0.25, 0.3) is 0 Å². The van der Waals surface area contributed by atoms with Gasteiger partial charge >= 0.3 is 0 Å². The Bertz CT molecular complexity index is 558. The molecule has 2 aromatic carbocycles. The van der Waals surface area contributed by atoms with E-state index in [-0.39, 0.29) is 0 Å². The Hall–Kier alpha value is -1.52. The Morgan fingerprint density at radius 3 is 2.68 bits per heavy atom. The van der Waals surface area contributed by atoms with Crippen LogP contribution in [0, 0.1) is 0 Å². The summed E-state index contributed by atoms with van der Waals surface area (Å²) in [7, 11) is 1.65. The first kappa shape index (κ1) is 13.9. The SMILES string of the molecule is COc1cccc(COc2ccc(Br)c(CN)c2)c1. The minimum Gasteiger partial charge on any atom is -0.497 e. The summed E-state index contributed by atoms with van der Waals surface area (Å²) in [5.41, 5.74) is 7.76. The van der Waals surface area contributed by atoms with Crippen LogP contribution in [0.3, 0.4) is 0 Å². The van der Waals surface area contributed by atoms with Crippen molar-refractivity contribution in [3.05, 3.63) is 58.1 Å². The first-order valence-corrected chi connectivity index (χ1v) is 6.76. The van der Waals surface area contributed by atoms with Crippen molar-refractivity contribution in [2.45, 2.75) is 13.2 Å². The summed E-state index contributed by atoms with van der Waals surface area (Å²) >= 11 is 3.45. The molecule has 0 amide bonds. The van der Waals surface area contributed by atoms with Crippen molar-refractivity contribution in [2.75, 3.05) is 7.11 Å². The van der Waals surface area contributed by atoms with Crippen LogP contribution in [-0.4, -0.2) is 7.11 Å². The highest BCUT2D eigenvalue weighted by Gasteiger charge is 2.02. The molecule has 0 heterocycles. The van der Waals surface area contributed by atoms with Gasteiger partial charge in [0, 0.05) is 11.0 Å². The molecular formula is C15H16BrNO2. The monoisotopic (exact) mass is 321 g/mol.